The molecule has 4 heteroatoms. The molecule has 0 unspecified atom stereocenters. The van der Waals surface area contributed by atoms with Crippen molar-refractivity contribution in [3.63, 3.8) is 0 Å². The predicted molar refractivity (Wildman–Crippen MR) is 68.5 cm³/mol. The molecule has 1 aliphatic carbocycles. The number of anilines is 1. The summed E-state index contributed by atoms with van der Waals surface area (Å²) in [5, 5.41) is 13.5. The normalized spacial score (nSPS) is 20.4. The Morgan fingerprint density at radius 1 is 1.47 bits per heavy atom. The van der Waals surface area contributed by atoms with Crippen LogP contribution in [-0.2, 0) is 0 Å². The van der Waals surface area contributed by atoms with E-state index >= 15 is 0 Å². The van der Waals surface area contributed by atoms with Gasteiger partial charge >= 0.3 is 0 Å². The summed E-state index contributed by atoms with van der Waals surface area (Å²) in [5.74, 6) is 0.483. The number of rotatable bonds is 4. The van der Waals surface area contributed by atoms with E-state index in [1.165, 1.54) is 25.7 Å². The maximum Gasteiger partial charge on any atom is 0.123 e. The summed E-state index contributed by atoms with van der Waals surface area (Å²) in [5.41, 5.74) is 6.52. The lowest BCUT2D eigenvalue weighted by Gasteiger charge is -2.27. The fourth-order valence-electron chi connectivity index (χ4n) is 2.41. The Morgan fingerprint density at radius 3 is 2.76 bits per heavy atom. The van der Waals surface area contributed by atoms with Crippen molar-refractivity contribution in [1.29, 1.82) is 0 Å². The van der Waals surface area contributed by atoms with E-state index in [4.69, 9.17) is 5.73 Å². The van der Waals surface area contributed by atoms with Crippen LogP contribution in [-0.4, -0.2) is 22.2 Å². The molecule has 1 aliphatic rings. The van der Waals surface area contributed by atoms with Gasteiger partial charge in [0.1, 0.15) is 5.82 Å². The van der Waals surface area contributed by atoms with E-state index in [0.29, 0.717) is 12.4 Å². The molecule has 1 atom stereocenters. The van der Waals surface area contributed by atoms with E-state index in [0.717, 1.165) is 5.56 Å². The molecule has 2 rings (SSSR count). The second-order valence-electron chi connectivity index (χ2n) is 5.18. The first kappa shape index (κ1) is 12.3. The van der Waals surface area contributed by atoms with Gasteiger partial charge in [-0.25, -0.2) is 4.98 Å². The molecule has 4 N–H and O–H groups in total. The minimum Gasteiger partial charge on any atom is -0.387 e. The summed E-state index contributed by atoms with van der Waals surface area (Å²) in [6.07, 6.45) is 6.07. The molecule has 0 spiro atoms. The van der Waals surface area contributed by atoms with Crippen LogP contribution in [0.1, 0.15) is 44.3 Å². The van der Waals surface area contributed by atoms with Gasteiger partial charge in [0.25, 0.3) is 0 Å². The van der Waals surface area contributed by atoms with E-state index in [9.17, 15) is 5.11 Å². The third-order valence-electron chi connectivity index (χ3n) is 3.62. The standard InChI is InChI=1S/C13H21N3O/c1-13(6-2-3-7-13)16-9-11(17)10-4-5-12(14)15-8-10/h4-5,8,11,16-17H,2-3,6-7,9H2,1H3,(H2,14,15)/t11-/m0/s1. The van der Waals surface area contributed by atoms with E-state index < -0.39 is 6.10 Å². The highest BCUT2D eigenvalue weighted by atomic mass is 16.3. The Balaban J connectivity index is 1.88. The van der Waals surface area contributed by atoms with E-state index in [-0.39, 0.29) is 5.54 Å². The first-order valence-electron chi connectivity index (χ1n) is 6.24. The zero-order valence-electron chi connectivity index (χ0n) is 10.3. The van der Waals surface area contributed by atoms with Crippen LogP contribution in [0.4, 0.5) is 5.82 Å². The summed E-state index contributed by atoms with van der Waals surface area (Å²) in [7, 11) is 0. The van der Waals surface area contributed by atoms with Crippen LogP contribution >= 0.6 is 0 Å². The lowest BCUT2D eigenvalue weighted by atomic mass is 10.00. The second-order valence-corrected chi connectivity index (χ2v) is 5.18. The van der Waals surface area contributed by atoms with Crippen molar-refractivity contribution in [3.05, 3.63) is 23.9 Å². The van der Waals surface area contributed by atoms with Crippen LogP contribution in [0.15, 0.2) is 18.3 Å². The van der Waals surface area contributed by atoms with Crippen molar-refractivity contribution in [3.8, 4) is 0 Å². The smallest absolute Gasteiger partial charge is 0.123 e. The van der Waals surface area contributed by atoms with E-state index in [1.807, 2.05) is 6.07 Å². The minimum absolute atomic E-state index is 0.197. The summed E-state index contributed by atoms with van der Waals surface area (Å²) in [6.45, 7) is 2.80. The van der Waals surface area contributed by atoms with Gasteiger partial charge in [-0.2, -0.15) is 0 Å². The Hall–Kier alpha value is -1.13. The van der Waals surface area contributed by atoms with Crippen molar-refractivity contribution in [2.24, 2.45) is 0 Å². The zero-order valence-corrected chi connectivity index (χ0v) is 10.3. The molecule has 1 aromatic heterocycles. The van der Waals surface area contributed by atoms with Gasteiger partial charge in [-0.05, 0) is 25.8 Å². The first-order chi connectivity index (χ1) is 8.09. The number of nitrogens with zero attached hydrogens (tertiary/aromatic N) is 1. The van der Waals surface area contributed by atoms with Gasteiger partial charge < -0.3 is 16.2 Å². The number of hydrogen-bond donors (Lipinski definition) is 3. The molecule has 1 heterocycles. The van der Waals surface area contributed by atoms with Gasteiger partial charge in [-0.15, -0.1) is 0 Å². The average molecular weight is 235 g/mol. The minimum atomic E-state index is -0.513. The molecule has 0 bridgehead atoms. The number of nitrogen functional groups attached to an aromatic ring is 1. The summed E-state index contributed by atoms with van der Waals surface area (Å²) in [4.78, 5) is 3.99. The van der Waals surface area contributed by atoms with Gasteiger partial charge in [0, 0.05) is 23.8 Å². The van der Waals surface area contributed by atoms with Crippen molar-refractivity contribution < 1.29 is 5.11 Å². The lowest BCUT2D eigenvalue weighted by molar-refractivity contribution is 0.158. The maximum atomic E-state index is 10.0. The first-order valence-corrected chi connectivity index (χ1v) is 6.24. The van der Waals surface area contributed by atoms with Crippen molar-refractivity contribution in [1.82, 2.24) is 10.3 Å². The molecule has 17 heavy (non-hydrogen) atoms. The maximum absolute atomic E-state index is 10.0. The lowest BCUT2D eigenvalue weighted by Crippen LogP contribution is -2.41. The topological polar surface area (TPSA) is 71.2 Å². The molecule has 0 aromatic carbocycles. The predicted octanol–water partition coefficient (Wildman–Crippen LogP) is 1.62. The summed E-state index contributed by atoms with van der Waals surface area (Å²) < 4.78 is 0. The third-order valence-corrected chi connectivity index (χ3v) is 3.62. The highest BCUT2D eigenvalue weighted by molar-refractivity contribution is 5.30. The number of pyridine rings is 1. The molecule has 1 fully saturated rings. The zero-order chi connectivity index (χ0) is 12.3. The largest absolute Gasteiger partial charge is 0.387 e. The third kappa shape index (κ3) is 3.17. The van der Waals surface area contributed by atoms with Crippen molar-refractivity contribution in [2.45, 2.75) is 44.2 Å². The van der Waals surface area contributed by atoms with Crippen LogP contribution < -0.4 is 11.1 Å². The molecule has 0 saturated heterocycles. The van der Waals surface area contributed by atoms with Gasteiger partial charge in [0.15, 0.2) is 0 Å². The molecule has 4 nitrogen and oxygen atoms in total. The van der Waals surface area contributed by atoms with Crippen molar-refractivity contribution in [2.75, 3.05) is 12.3 Å². The monoisotopic (exact) mass is 235 g/mol. The Morgan fingerprint density at radius 2 is 2.18 bits per heavy atom. The number of β-amino-alcohol motifs (C(OH)–C–C–N with tert-alkyl or cyclic N) is 1. The summed E-state index contributed by atoms with van der Waals surface area (Å²) >= 11 is 0. The van der Waals surface area contributed by atoms with Crippen LogP contribution in [0.3, 0.4) is 0 Å². The molecule has 94 valence electrons. The van der Waals surface area contributed by atoms with E-state index in [1.54, 1.807) is 12.3 Å². The van der Waals surface area contributed by atoms with Gasteiger partial charge in [0.2, 0.25) is 0 Å². The van der Waals surface area contributed by atoms with Crippen LogP contribution in [0.2, 0.25) is 0 Å². The number of aliphatic hydroxyl groups is 1. The quantitative estimate of drug-likeness (QED) is 0.741. The highest BCUT2D eigenvalue weighted by Gasteiger charge is 2.28. The summed E-state index contributed by atoms with van der Waals surface area (Å²) in [6, 6.07) is 3.54. The second kappa shape index (κ2) is 5.02. The fourth-order valence-corrected chi connectivity index (χ4v) is 2.41. The number of hydrogen-bond acceptors (Lipinski definition) is 4. The number of aliphatic hydroxyl groups excluding tert-OH is 1. The number of nitrogens with two attached hydrogens (primary N) is 1. The average Bonchev–Trinajstić information content (AvgIpc) is 2.75. The molecule has 0 aliphatic heterocycles. The Labute approximate surface area is 102 Å². The molecule has 0 amide bonds. The van der Waals surface area contributed by atoms with Crippen LogP contribution in [0, 0.1) is 0 Å². The van der Waals surface area contributed by atoms with E-state index in [2.05, 4.69) is 17.2 Å². The van der Waals surface area contributed by atoms with Gasteiger partial charge in [0.05, 0.1) is 6.10 Å². The van der Waals surface area contributed by atoms with Gasteiger partial charge in [-0.3, -0.25) is 0 Å². The van der Waals surface area contributed by atoms with Crippen LogP contribution in [0.5, 0.6) is 0 Å². The fraction of sp³-hybridized carbons (Fsp3) is 0.615. The van der Waals surface area contributed by atoms with Crippen LogP contribution in [0.25, 0.3) is 0 Å². The number of aromatic nitrogens is 1. The molecular weight excluding hydrogens is 214 g/mol. The van der Waals surface area contributed by atoms with Gasteiger partial charge in [-0.1, -0.05) is 18.9 Å². The Kier molecular flexibility index (Phi) is 3.64. The SMILES string of the molecule is CC1(NC[C@H](O)c2ccc(N)nc2)CCCC1. The molecular formula is C13H21N3O. The number of nitrogens with one attached hydrogen (secondary N) is 1. The molecule has 1 saturated carbocycles. The van der Waals surface area contributed by atoms with Crippen molar-refractivity contribution >= 4 is 5.82 Å². The Bertz CT molecular complexity index is 357. The molecule has 1 aromatic rings. The molecule has 0 radical (unpaired) electrons. The highest BCUT2D eigenvalue weighted by Crippen LogP contribution is 2.29.